The van der Waals surface area contributed by atoms with Gasteiger partial charge < -0.3 is 9.47 Å². The number of hydrogen-bond acceptors (Lipinski definition) is 10. The lowest BCUT2D eigenvalue weighted by Gasteiger charge is -2.31. The van der Waals surface area contributed by atoms with Crippen LogP contribution in [0.25, 0.3) is 0 Å². The standard InChI is InChI=1S/C26H20N4O4S2/c31-24(33-14-18-12-7-13-35-18)20-19-22-26(36-23(19)30(27-20)17-10-5-2-6-11-17)15-34-25(32)21(26)28-29(22)16-8-3-1-4-9-16/h1-13,19,22-23H,14-15H2/t19-,22-,23+,26-/m1/s1. The molecule has 10 heteroatoms. The maximum Gasteiger partial charge on any atom is 0.356 e. The number of nitrogens with zero attached hydrogens (tertiary/aromatic N) is 4. The predicted molar refractivity (Wildman–Crippen MR) is 139 cm³/mol. The quantitative estimate of drug-likeness (QED) is 0.476. The Morgan fingerprint density at radius 1 is 1.00 bits per heavy atom. The molecule has 0 unspecified atom stereocenters. The molecular weight excluding hydrogens is 496 g/mol. The molecule has 7 rings (SSSR count). The van der Waals surface area contributed by atoms with Crippen molar-refractivity contribution in [1.82, 2.24) is 0 Å². The topological polar surface area (TPSA) is 83.8 Å². The summed E-state index contributed by atoms with van der Waals surface area (Å²) < 4.78 is 10.5. The normalized spacial score (nSPS) is 27.8. The van der Waals surface area contributed by atoms with E-state index >= 15 is 0 Å². The van der Waals surface area contributed by atoms with Crippen molar-refractivity contribution < 1.29 is 19.1 Å². The van der Waals surface area contributed by atoms with Gasteiger partial charge in [-0.3, -0.25) is 10.0 Å². The number of hydrazone groups is 2. The summed E-state index contributed by atoms with van der Waals surface area (Å²) in [6, 6.07) is 23.0. The fourth-order valence-electron chi connectivity index (χ4n) is 5.34. The van der Waals surface area contributed by atoms with Gasteiger partial charge in [-0.15, -0.1) is 23.1 Å². The average molecular weight is 517 g/mol. The second-order valence-corrected chi connectivity index (χ2v) is 11.4. The van der Waals surface area contributed by atoms with Gasteiger partial charge in [0.05, 0.1) is 23.3 Å². The van der Waals surface area contributed by atoms with E-state index < -0.39 is 16.7 Å². The molecule has 8 nitrogen and oxygen atoms in total. The van der Waals surface area contributed by atoms with Gasteiger partial charge in [0, 0.05) is 4.88 Å². The SMILES string of the molecule is O=C(OCc1cccs1)C1=NN(c2ccccc2)[C@H]2S[C@]34COC(=O)C3=NN(c3ccccc3)[C@@H]4[C@@H]12. The zero-order valence-corrected chi connectivity index (χ0v) is 20.5. The van der Waals surface area contributed by atoms with Crippen LogP contribution in [-0.4, -0.2) is 46.1 Å². The smallest absolute Gasteiger partial charge is 0.356 e. The van der Waals surface area contributed by atoms with E-state index in [9.17, 15) is 9.59 Å². The number of ether oxygens (including phenoxy) is 2. The first-order valence-corrected chi connectivity index (χ1v) is 13.3. The zero-order valence-electron chi connectivity index (χ0n) is 18.9. The molecule has 2 fully saturated rings. The molecule has 36 heavy (non-hydrogen) atoms. The summed E-state index contributed by atoms with van der Waals surface area (Å²) in [5, 5.41) is 15.0. The van der Waals surface area contributed by atoms with E-state index in [2.05, 4.69) is 0 Å². The summed E-state index contributed by atoms with van der Waals surface area (Å²) in [6.07, 6.45) is 0. The average Bonchev–Trinajstić information content (AvgIpc) is 3.71. The number of rotatable bonds is 5. The van der Waals surface area contributed by atoms with E-state index in [1.165, 1.54) is 11.3 Å². The third kappa shape index (κ3) is 3.14. The molecule has 0 amide bonds. The minimum absolute atomic E-state index is 0.187. The Hall–Kier alpha value is -3.63. The van der Waals surface area contributed by atoms with Crippen molar-refractivity contribution in [3.8, 4) is 0 Å². The van der Waals surface area contributed by atoms with Crippen molar-refractivity contribution in [1.29, 1.82) is 0 Å². The first-order valence-electron chi connectivity index (χ1n) is 11.6. The summed E-state index contributed by atoms with van der Waals surface area (Å²) in [4.78, 5) is 27.2. The molecule has 0 bridgehead atoms. The van der Waals surface area contributed by atoms with E-state index in [4.69, 9.17) is 19.7 Å². The van der Waals surface area contributed by atoms with Crippen molar-refractivity contribution in [2.45, 2.75) is 22.8 Å². The van der Waals surface area contributed by atoms with Crippen molar-refractivity contribution in [3.63, 3.8) is 0 Å². The van der Waals surface area contributed by atoms with E-state index in [1.807, 2.05) is 88.2 Å². The maximum absolute atomic E-state index is 13.5. The van der Waals surface area contributed by atoms with Gasteiger partial charge in [-0.2, -0.15) is 10.2 Å². The monoisotopic (exact) mass is 516 g/mol. The van der Waals surface area contributed by atoms with Crippen LogP contribution in [0.15, 0.2) is 88.4 Å². The molecule has 0 aliphatic carbocycles. The van der Waals surface area contributed by atoms with Crippen LogP contribution in [-0.2, 0) is 25.7 Å². The third-order valence-electron chi connectivity index (χ3n) is 6.89. The number of carbonyl (C=O) groups excluding carboxylic acids is 2. The van der Waals surface area contributed by atoms with E-state index in [-0.39, 0.29) is 30.5 Å². The number of para-hydroxylation sites is 2. The molecule has 2 saturated heterocycles. The largest absolute Gasteiger partial charge is 0.459 e. The summed E-state index contributed by atoms with van der Waals surface area (Å²) in [7, 11) is 0. The maximum atomic E-state index is 13.5. The highest BCUT2D eigenvalue weighted by Crippen LogP contribution is 2.59. The van der Waals surface area contributed by atoms with Crippen LogP contribution in [0.1, 0.15) is 4.88 Å². The number of cyclic esters (lactones) is 1. The Morgan fingerprint density at radius 2 is 1.72 bits per heavy atom. The number of thiophene rings is 1. The Kier molecular flexibility index (Phi) is 4.93. The molecule has 1 spiro atoms. The molecule has 5 heterocycles. The number of thioether (sulfide) groups is 1. The van der Waals surface area contributed by atoms with Crippen molar-refractivity contribution >= 4 is 57.8 Å². The van der Waals surface area contributed by atoms with Gasteiger partial charge in [-0.1, -0.05) is 42.5 Å². The Morgan fingerprint density at radius 3 is 2.42 bits per heavy atom. The highest BCUT2D eigenvalue weighted by atomic mass is 32.2. The van der Waals surface area contributed by atoms with Crippen LogP contribution in [0.4, 0.5) is 11.4 Å². The number of benzene rings is 2. The second kappa shape index (κ2) is 8.21. The zero-order chi connectivity index (χ0) is 24.3. The molecule has 0 N–H and O–H groups in total. The second-order valence-electron chi connectivity index (χ2n) is 8.89. The Bertz CT molecular complexity index is 1400. The number of hydrogen-bond donors (Lipinski definition) is 0. The highest BCUT2D eigenvalue weighted by molar-refractivity contribution is 8.02. The van der Waals surface area contributed by atoms with Crippen LogP contribution in [0.5, 0.6) is 0 Å². The fraction of sp³-hybridized carbons (Fsp3) is 0.231. The Labute approximate surface area is 215 Å². The van der Waals surface area contributed by atoms with Gasteiger partial charge in [0.15, 0.2) is 11.4 Å². The molecule has 4 atom stereocenters. The van der Waals surface area contributed by atoms with Gasteiger partial charge in [-0.25, -0.2) is 9.59 Å². The first kappa shape index (κ1) is 21.6. The van der Waals surface area contributed by atoms with Crippen molar-refractivity contribution in [3.05, 3.63) is 83.1 Å². The molecule has 3 aromatic rings. The third-order valence-corrected chi connectivity index (χ3v) is 9.45. The number of carbonyl (C=O) groups is 2. The highest BCUT2D eigenvalue weighted by Gasteiger charge is 2.72. The minimum atomic E-state index is -0.704. The van der Waals surface area contributed by atoms with Crippen LogP contribution in [0, 0.1) is 5.92 Å². The number of esters is 2. The van der Waals surface area contributed by atoms with Crippen LogP contribution in [0.3, 0.4) is 0 Å². The van der Waals surface area contributed by atoms with Crippen molar-refractivity contribution in [2.24, 2.45) is 16.1 Å². The molecule has 2 aromatic carbocycles. The Balaban J connectivity index is 1.32. The fourth-order valence-corrected chi connectivity index (χ4v) is 7.83. The molecule has 1 aromatic heterocycles. The first-order chi connectivity index (χ1) is 17.7. The molecule has 4 aliphatic heterocycles. The summed E-state index contributed by atoms with van der Waals surface area (Å²) >= 11 is 3.14. The lowest BCUT2D eigenvalue weighted by molar-refractivity contribution is -0.137. The predicted octanol–water partition coefficient (Wildman–Crippen LogP) is 3.90. The summed E-state index contributed by atoms with van der Waals surface area (Å²) in [5.41, 5.74) is 2.45. The summed E-state index contributed by atoms with van der Waals surface area (Å²) in [6.45, 7) is 0.392. The molecule has 180 valence electrons. The van der Waals surface area contributed by atoms with Crippen molar-refractivity contribution in [2.75, 3.05) is 16.6 Å². The van der Waals surface area contributed by atoms with E-state index in [0.717, 1.165) is 16.3 Å². The van der Waals surface area contributed by atoms with Gasteiger partial charge in [0.25, 0.3) is 0 Å². The van der Waals surface area contributed by atoms with Gasteiger partial charge in [-0.05, 0) is 35.7 Å². The summed E-state index contributed by atoms with van der Waals surface area (Å²) in [5.74, 6) is -1.22. The molecular formula is C26H20N4O4S2. The van der Waals surface area contributed by atoms with Gasteiger partial charge >= 0.3 is 11.9 Å². The molecule has 4 aliphatic rings. The number of anilines is 2. The van der Waals surface area contributed by atoms with E-state index in [0.29, 0.717) is 11.4 Å². The molecule has 0 radical (unpaired) electrons. The van der Waals surface area contributed by atoms with E-state index in [1.54, 1.807) is 11.8 Å². The van der Waals surface area contributed by atoms with Crippen LogP contribution in [0.2, 0.25) is 0 Å². The minimum Gasteiger partial charge on any atom is -0.459 e. The lowest BCUT2D eigenvalue weighted by atomic mass is 9.84. The number of fused-ring (bicyclic) bond motifs is 2. The van der Waals surface area contributed by atoms with Crippen LogP contribution >= 0.6 is 23.1 Å². The lowest BCUT2D eigenvalue weighted by Crippen LogP contribution is -2.50. The van der Waals surface area contributed by atoms with Crippen LogP contribution < -0.4 is 10.0 Å². The molecule has 0 saturated carbocycles. The van der Waals surface area contributed by atoms with Gasteiger partial charge in [0.2, 0.25) is 0 Å². The van der Waals surface area contributed by atoms with Gasteiger partial charge in [0.1, 0.15) is 23.3 Å².